The average Bonchev–Trinajstić information content (AvgIpc) is 2.25. The van der Waals surface area contributed by atoms with Crippen molar-refractivity contribution in [1.82, 2.24) is 4.72 Å². The van der Waals surface area contributed by atoms with Gasteiger partial charge in [0.2, 0.25) is 10.0 Å². The highest BCUT2D eigenvalue weighted by molar-refractivity contribution is 7.89. The molecule has 100 valence electrons. The molecule has 0 aliphatic rings. The van der Waals surface area contributed by atoms with Crippen LogP contribution in [0.2, 0.25) is 0 Å². The molecule has 0 aliphatic heterocycles. The molecule has 0 rings (SSSR count). The fraction of sp³-hybridized carbons (Fsp3) is 0.778. The van der Waals surface area contributed by atoms with Gasteiger partial charge in [-0.2, -0.15) is 0 Å². The summed E-state index contributed by atoms with van der Waals surface area (Å²) in [5.74, 6) is -1.66. The molecule has 7 nitrogen and oxygen atoms in total. The van der Waals surface area contributed by atoms with Crippen LogP contribution < -0.4 is 4.72 Å². The van der Waals surface area contributed by atoms with E-state index in [0.29, 0.717) is 0 Å². The molecule has 0 amide bonds. The molecule has 0 saturated heterocycles. The first-order valence-electron chi connectivity index (χ1n) is 5.19. The maximum Gasteiger partial charge on any atom is 0.320 e. The second-order valence-corrected chi connectivity index (χ2v) is 4.93. The van der Waals surface area contributed by atoms with E-state index in [1.165, 1.54) is 0 Å². The number of carbonyl (C=O) groups is 2. The molecule has 0 fully saturated rings. The summed E-state index contributed by atoms with van der Waals surface area (Å²) < 4.78 is 33.8. The highest BCUT2D eigenvalue weighted by Crippen LogP contribution is 1.93. The largest absolute Gasteiger partial charge is 0.466 e. The van der Waals surface area contributed by atoms with Crippen LogP contribution in [0.3, 0.4) is 0 Å². The summed E-state index contributed by atoms with van der Waals surface area (Å²) in [5, 5.41) is 0. The Labute approximate surface area is 101 Å². The van der Waals surface area contributed by atoms with E-state index in [1.807, 2.05) is 4.72 Å². The van der Waals surface area contributed by atoms with Gasteiger partial charge in [0, 0.05) is 0 Å². The third-order valence-electron chi connectivity index (χ3n) is 1.62. The number of hydrogen-bond acceptors (Lipinski definition) is 6. The first-order valence-corrected chi connectivity index (χ1v) is 6.85. The van der Waals surface area contributed by atoms with E-state index in [0.717, 1.165) is 0 Å². The van der Waals surface area contributed by atoms with Gasteiger partial charge in [0.15, 0.2) is 0 Å². The number of sulfonamides is 1. The molecule has 0 heterocycles. The van der Waals surface area contributed by atoms with Crippen LogP contribution in [0.25, 0.3) is 0 Å². The van der Waals surface area contributed by atoms with E-state index in [4.69, 9.17) is 0 Å². The molecule has 0 aliphatic carbocycles. The standard InChI is InChI=1S/C9H17NO6S/c1-3-15-8(11)5-6-17(13,14)10-7-9(12)16-4-2/h10H,3-7H2,1-2H3. The summed E-state index contributed by atoms with van der Waals surface area (Å²) in [7, 11) is -3.66. The minimum absolute atomic E-state index is 0.184. The van der Waals surface area contributed by atoms with Crippen LogP contribution in [0.5, 0.6) is 0 Å². The van der Waals surface area contributed by atoms with Crippen molar-refractivity contribution in [3.8, 4) is 0 Å². The van der Waals surface area contributed by atoms with Crippen molar-refractivity contribution >= 4 is 22.0 Å². The van der Waals surface area contributed by atoms with Crippen molar-refractivity contribution in [2.24, 2.45) is 0 Å². The van der Waals surface area contributed by atoms with Crippen molar-refractivity contribution < 1.29 is 27.5 Å². The van der Waals surface area contributed by atoms with E-state index < -0.39 is 34.3 Å². The second-order valence-electron chi connectivity index (χ2n) is 3.00. The number of esters is 2. The molecule has 0 atom stereocenters. The molecule has 17 heavy (non-hydrogen) atoms. The Balaban J connectivity index is 3.96. The van der Waals surface area contributed by atoms with Crippen LogP contribution in [-0.2, 0) is 29.1 Å². The van der Waals surface area contributed by atoms with E-state index in [-0.39, 0.29) is 19.6 Å². The minimum atomic E-state index is -3.66. The number of rotatable bonds is 8. The maximum atomic E-state index is 11.3. The fourth-order valence-electron chi connectivity index (χ4n) is 0.904. The zero-order chi connectivity index (χ0) is 13.3. The lowest BCUT2D eigenvalue weighted by Crippen LogP contribution is -2.33. The van der Waals surface area contributed by atoms with Gasteiger partial charge in [-0.1, -0.05) is 0 Å². The quantitative estimate of drug-likeness (QED) is 0.591. The van der Waals surface area contributed by atoms with Crippen LogP contribution in [-0.4, -0.2) is 45.9 Å². The van der Waals surface area contributed by atoms with E-state index in [9.17, 15) is 18.0 Å². The first kappa shape index (κ1) is 15.9. The molecule has 1 N–H and O–H groups in total. The Morgan fingerprint density at radius 3 is 2.12 bits per heavy atom. The number of ether oxygens (including phenoxy) is 2. The van der Waals surface area contributed by atoms with Crippen LogP contribution >= 0.6 is 0 Å². The van der Waals surface area contributed by atoms with Crippen molar-refractivity contribution in [2.45, 2.75) is 20.3 Å². The fourth-order valence-corrected chi connectivity index (χ4v) is 1.82. The highest BCUT2D eigenvalue weighted by atomic mass is 32.2. The molecule has 0 radical (unpaired) electrons. The van der Waals surface area contributed by atoms with Crippen molar-refractivity contribution in [1.29, 1.82) is 0 Å². The lowest BCUT2D eigenvalue weighted by molar-refractivity contribution is -0.143. The summed E-state index contributed by atoms with van der Waals surface area (Å²) in [5.41, 5.74) is 0. The van der Waals surface area contributed by atoms with Crippen LogP contribution in [0.4, 0.5) is 0 Å². The summed E-state index contributed by atoms with van der Waals surface area (Å²) >= 11 is 0. The molecular weight excluding hydrogens is 250 g/mol. The summed E-state index contributed by atoms with van der Waals surface area (Å²) in [6, 6.07) is 0. The Bertz CT molecular complexity index is 322. The number of nitrogens with one attached hydrogen (secondary N) is 1. The van der Waals surface area contributed by atoms with Crippen LogP contribution in [0.15, 0.2) is 0 Å². The summed E-state index contributed by atoms with van der Waals surface area (Å²) in [6.07, 6.45) is -0.244. The number of carbonyl (C=O) groups excluding carboxylic acids is 2. The summed E-state index contributed by atoms with van der Waals surface area (Å²) in [4.78, 5) is 21.8. The van der Waals surface area contributed by atoms with Gasteiger partial charge in [0.25, 0.3) is 0 Å². The molecule has 0 aromatic rings. The molecule has 0 aromatic carbocycles. The number of hydrogen-bond donors (Lipinski definition) is 1. The summed E-state index contributed by atoms with van der Waals surface area (Å²) in [6.45, 7) is 3.20. The van der Waals surface area contributed by atoms with Crippen molar-refractivity contribution in [3.63, 3.8) is 0 Å². The lowest BCUT2D eigenvalue weighted by Gasteiger charge is -2.06. The SMILES string of the molecule is CCOC(=O)CCS(=O)(=O)NCC(=O)OCC. The predicted octanol–water partition coefficient (Wildman–Crippen LogP) is -0.578. The highest BCUT2D eigenvalue weighted by Gasteiger charge is 2.15. The van der Waals surface area contributed by atoms with E-state index >= 15 is 0 Å². The Hall–Kier alpha value is -1.15. The molecular formula is C9H17NO6S. The smallest absolute Gasteiger partial charge is 0.320 e. The molecule has 0 spiro atoms. The minimum Gasteiger partial charge on any atom is -0.466 e. The first-order chi connectivity index (χ1) is 7.91. The third-order valence-corrected chi connectivity index (χ3v) is 2.95. The average molecular weight is 267 g/mol. The Morgan fingerprint density at radius 1 is 1.06 bits per heavy atom. The normalized spacial score (nSPS) is 10.9. The molecule has 0 bridgehead atoms. The monoisotopic (exact) mass is 267 g/mol. The van der Waals surface area contributed by atoms with Gasteiger partial charge in [-0.25, -0.2) is 13.1 Å². The van der Waals surface area contributed by atoms with Crippen molar-refractivity contribution in [2.75, 3.05) is 25.5 Å². The lowest BCUT2D eigenvalue weighted by atomic mass is 10.5. The molecule has 0 unspecified atom stereocenters. The maximum absolute atomic E-state index is 11.3. The van der Waals surface area contributed by atoms with Crippen LogP contribution in [0.1, 0.15) is 20.3 Å². The van der Waals surface area contributed by atoms with Crippen molar-refractivity contribution in [3.05, 3.63) is 0 Å². The molecule has 0 saturated carbocycles. The zero-order valence-electron chi connectivity index (χ0n) is 9.89. The zero-order valence-corrected chi connectivity index (χ0v) is 10.7. The topological polar surface area (TPSA) is 98.8 Å². The van der Waals surface area contributed by atoms with E-state index in [1.54, 1.807) is 13.8 Å². The van der Waals surface area contributed by atoms with Gasteiger partial charge in [-0.05, 0) is 13.8 Å². The van der Waals surface area contributed by atoms with Gasteiger partial charge in [0.05, 0.1) is 25.4 Å². The Morgan fingerprint density at radius 2 is 1.59 bits per heavy atom. The van der Waals surface area contributed by atoms with Gasteiger partial charge >= 0.3 is 11.9 Å². The second kappa shape index (κ2) is 8.02. The van der Waals surface area contributed by atoms with Gasteiger partial charge in [-0.15, -0.1) is 0 Å². The van der Waals surface area contributed by atoms with Gasteiger partial charge in [-0.3, -0.25) is 9.59 Å². The Kier molecular flexibility index (Phi) is 7.47. The predicted molar refractivity (Wildman–Crippen MR) is 59.7 cm³/mol. The third kappa shape index (κ3) is 8.64. The van der Waals surface area contributed by atoms with Gasteiger partial charge in [0.1, 0.15) is 6.54 Å². The van der Waals surface area contributed by atoms with Gasteiger partial charge < -0.3 is 9.47 Å². The molecule has 0 aromatic heterocycles. The molecule has 8 heteroatoms. The van der Waals surface area contributed by atoms with Crippen LogP contribution in [0, 0.1) is 0 Å². The van der Waals surface area contributed by atoms with E-state index in [2.05, 4.69) is 9.47 Å².